The van der Waals surface area contributed by atoms with Crippen molar-refractivity contribution in [2.45, 2.75) is 45.6 Å². The van der Waals surface area contributed by atoms with Crippen LogP contribution in [0.1, 0.15) is 49.9 Å². The van der Waals surface area contributed by atoms with Gasteiger partial charge in [-0.05, 0) is 47.2 Å². The fourth-order valence-electron chi connectivity index (χ4n) is 4.34. The Balaban J connectivity index is 2.29. The maximum atomic E-state index is 13.9. The zero-order valence-electron chi connectivity index (χ0n) is 21.5. The maximum absolute atomic E-state index is 13.9. The third-order valence-corrected chi connectivity index (χ3v) is 8.25. The molecule has 0 spiro atoms. The van der Waals surface area contributed by atoms with Crippen molar-refractivity contribution < 1.29 is 28.5 Å². The number of nitrogens with zero attached hydrogens (tertiary/aromatic N) is 1. The summed E-state index contributed by atoms with van der Waals surface area (Å²) in [5.74, 6) is -0.133. The lowest BCUT2D eigenvalue weighted by molar-refractivity contribution is -0.138. The van der Waals surface area contributed by atoms with Gasteiger partial charge in [0, 0.05) is 24.1 Å². The molecule has 0 fully saturated rings. The van der Waals surface area contributed by atoms with Crippen molar-refractivity contribution >= 4 is 19.4 Å². The van der Waals surface area contributed by atoms with Crippen LogP contribution >= 0.6 is 7.37 Å². The summed E-state index contributed by atoms with van der Waals surface area (Å²) >= 11 is 0. The number of benzene rings is 2. The second-order valence-corrected chi connectivity index (χ2v) is 11.6. The van der Waals surface area contributed by atoms with Crippen LogP contribution in [0.5, 0.6) is 0 Å². The van der Waals surface area contributed by atoms with Crippen LogP contribution in [0.4, 0.5) is 4.39 Å². The van der Waals surface area contributed by atoms with Gasteiger partial charge >= 0.3 is 5.97 Å². The highest BCUT2D eigenvalue weighted by Crippen LogP contribution is 2.50. The van der Waals surface area contributed by atoms with Gasteiger partial charge in [0.2, 0.25) is 7.37 Å². The number of aliphatic hydroxyl groups is 1. The average molecular weight is 526 g/mol. The van der Waals surface area contributed by atoms with Crippen LogP contribution in [0.3, 0.4) is 0 Å². The Morgan fingerprint density at radius 1 is 1.11 bits per heavy atom. The van der Waals surface area contributed by atoms with Gasteiger partial charge in [-0.3, -0.25) is 14.3 Å². The van der Waals surface area contributed by atoms with Gasteiger partial charge in [0.1, 0.15) is 5.82 Å². The molecule has 0 aliphatic heterocycles. The first-order valence-corrected chi connectivity index (χ1v) is 14.1. The van der Waals surface area contributed by atoms with E-state index in [9.17, 15) is 18.9 Å². The van der Waals surface area contributed by atoms with Gasteiger partial charge in [-0.15, -0.1) is 0 Å². The third-order valence-electron chi connectivity index (χ3n) is 6.10. The first-order valence-electron chi connectivity index (χ1n) is 12.2. The Morgan fingerprint density at radius 3 is 2.30 bits per heavy atom. The first kappa shape index (κ1) is 28.5. The number of halogens is 1. The van der Waals surface area contributed by atoms with Crippen LogP contribution in [0.25, 0.3) is 28.5 Å². The van der Waals surface area contributed by atoms with E-state index in [1.165, 1.54) is 25.1 Å². The van der Waals surface area contributed by atoms with Gasteiger partial charge in [-0.1, -0.05) is 63.2 Å². The number of rotatable bonds is 11. The smallest absolute Gasteiger partial charge is 0.305 e. The monoisotopic (exact) mass is 525 g/mol. The molecule has 2 atom stereocenters. The molecule has 1 unspecified atom stereocenters. The first-order chi connectivity index (χ1) is 17.6. The van der Waals surface area contributed by atoms with E-state index >= 15 is 0 Å². The van der Waals surface area contributed by atoms with Crippen molar-refractivity contribution in [3.8, 4) is 22.4 Å². The number of hydrogen-bond acceptors (Lipinski definition) is 5. The molecule has 0 aliphatic carbocycles. The molecule has 0 saturated carbocycles. The summed E-state index contributed by atoms with van der Waals surface area (Å²) in [6, 6.07) is 16.1. The van der Waals surface area contributed by atoms with Crippen LogP contribution in [0, 0.1) is 5.82 Å². The molecule has 37 heavy (non-hydrogen) atoms. The summed E-state index contributed by atoms with van der Waals surface area (Å²) in [4.78, 5) is 16.0. The SMILES string of the molecule is CCc1c(-c2ccccc2)nc(C(C)C)c(C=CP(=O)(C[C@@H](O)CC(=O)O)OC)c1-c1ccc(F)cc1. The third kappa shape index (κ3) is 7.01. The van der Waals surface area contributed by atoms with Crippen LogP contribution < -0.4 is 0 Å². The maximum Gasteiger partial charge on any atom is 0.305 e. The molecule has 3 aromatic rings. The minimum absolute atomic E-state index is 0.00764. The molecule has 0 saturated heterocycles. The summed E-state index contributed by atoms with van der Waals surface area (Å²) in [7, 11) is -2.25. The van der Waals surface area contributed by atoms with Gasteiger partial charge < -0.3 is 14.7 Å². The van der Waals surface area contributed by atoms with Gasteiger partial charge in [0.05, 0.1) is 30.1 Å². The number of carboxylic acids is 1. The standard InChI is InChI=1S/C29H33FNO5P/c1-5-24-27(20-11-13-22(30)14-12-20)25(15-16-37(35,36-4)18-23(32)17-26(33)34)28(19(2)3)31-29(24)21-9-7-6-8-10-21/h6-16,19,23,32H,5,17-18H2,1-4H3,(H,33,34)/t23-,37?/m0/s1. The van der Waals surface area contributed by atoms with E-state index < -0.39 is 25.9 Å². The molecular weight excluding hydrogens is 492 g/mol. The topological polar surface area (TPSA) is 96.7 Å². The number of aliphatic hydroxyl groups excluding tert-OH is 1. The van der Waals surface area contributed by atoms with E-state index in [4.69, 9.17) is 14.6 Å². The van der Waals surface area contributed by atoms with Crippen LogP contribution in [0.2, 0.25) is 0 Å². The molecule has 0 amide bonds. The summed E-state index contributed by atoms with van der Waals surface area (Å²) in [5.41, 5.74) is 5.88. The Bertz CT molecular complexity index is 1310. The average Bonchev–Trinajstić information content (AvgIpc) is 2.87. The second kappa shape index (κ2) is 12.4. The van der Waals surface area contributed by atoms with Gasteiger partial charge in [-0.2, -0.15) is 0 Å². The molecule has 2 aromatic carbocycles. The van der Waals surface area contributed by atoms with E-state index in [0.29, 0.717) is 6.42 Å². The van der Waals surface area contributed by atoms with Gasteiger partial charge in [0.15, 0.2) is 0 Å². The highest BCUT2D eigenvalue weighted by molar-refractivity contribution is 7.62. The Hall–Kier alpha value is -3.12. The zero-order chi connectivity index (χ0) is 27.2. The predicted molar refractivity (Wildman–Crippen MR) is 145 cm³/mol. The number of pyridine rings is 1. The number of carbonyl (C=O) groups is 1. The van der Waals surface area contributed by atoms with Crippen molar-refractivity contribution in [3.05, 3.63) is 83.1 Å². The minimum Gasteiger partial charge on any atom is -0.481 e. The zero-order valence-corrected chi connectivity index (χ0v) is 22.4. The largest absolute Gasteiger partial charge is 0.481 e. The molecule has 0 aliphatic rings. The second-order valence-electron chi connectivity index (χ2n) is 9.15. The van der Waals surface area contributed by atoms with Gasteiger partial charge in [0.25, 0.3) is 0 Å². The molecule has 6 nitrogen and oxygen atoms in total. The predicted octanol–water partition coefficient (Wildman–Crippen LogP) is 6.97. The molecule has 1 aromatic heterocycles. The molecule has 196 valence electrons. The Kier molecular flexibility index (Phi) is 9.55. The molecule has 0 bridgehead atoms. The fourth-order valence-corrected chi connectivity index (χ4v) is 5.82. The lowest BCUT2D eigenvalue weighted by Gasteiger charge is -2.22. The van der Waals surface area contributed by atoms with Crippen LogP contribution in [0.15, 0.2) is 60.4 Å². The van der Waals surface area contributed by atoms with Crippen molar-refractivity contribution in [3.63, 3.8) is 0 Å². The van der Waals surface area contributed by atoms with Crippen LogP contribution in [-0.4, -0.2) is 40.5 Å². The number of aliphatic carboxylic acids is 1. The molecule has 1 heterocycles. The lowest BCUT2D eigenvalue weighted by Crippen LogP contribution is -2.17. The molecule has 0 radical (unpaired) electrons. The molecule has 3 rings (SSSR count). The fraction of sp³-hybridized carbons (Fsp3) is 0.310. The van der Waals surface area contributed by atoms with E-state index in [1.807, 2.05) is 51.1 Å². The quantitative estimate of drug-likeness (QED) is 0.263. The highest BCUT2D eigenvalue weighted by Gasteiger charge is 2.26. The van der Waals surface area contributed by atoms with Crippen molar-refractivity contribution in [2.24, 2.45) is 0 Å². The molecule has 2 N–H and O–H groups in total. The minimum atomic E-state index is -3.52. The van der Waals surface area contributed by atoms with Crippen molar-refractivity contribution in [1.82, 2.24) is 4.98 Å². The summed E-state index contributed by atoms with van der Waals surface area (Å²) < 4.78 is 32.6. The van der Waals surface area contributed by atoms with E-state index in [2.05, 4.69) is 0 Å². The van der Waals surface area contributed by atoms with Crippen molar-refractivity contribution in [2.75, 3.05) is 13.3 Å². The number of carboxylic acid groups (broad SMARTS) is 1. The summed E-state index contributed by atoms with van der Waals surface area (Å²) in [5, 5.41) is 19.1. The number of aromatic nitrogens is 1. The summed E-state index contributed by atoms with van der Waals surface area (Å²) in [6.07, 6.45) is 0.145. The van der Waals surface area contributed by atoms with E-state index in [0.717, 1.165) is 39.2 Å². The number of hydrogen-bond donors (Lipinski definition) is 2. The lowest BCUT2D eigenvalue weighted by atomic mass is 9.87. The molecule has 8 heteroatoms. The van der Waals surface area contributed by atoms with Gasteiger partial charge in [-0.25, -0.2) is 4.39 Å². The molecular formula is C29H33FNO5P. The Morgan fingerprint density at radius 2 is 1.76 bits per heavy atom. The van der Waals surface area contributed by atoms with Crippen molar-refractivity contribution in [1.29, 1.82) is 0 Å². The highest BCUT2D eigenvalue weighted by atomic mass is 31.2. The Labute approximate surface area is 217 Å². The normalized spacial score (nSPS) is 14.1. The van der Waals surface area contributed by atoms with E-state index in [-0.39, 0.29) is 17.9 Å². The van der Waals surface area contributed by atoms with E-state index in [1.54, 1.807) is 18.2 Å². The summed E-state index contributed by atoms with van der Waals surface area (Å²) in [6.45, 7) is 6.06. The van der Waals surface area contributed by atoms with Crippen LogP contribution in [-0.2, 0) is 20.3 Å².